The summed E-state index contributed by atoms with van der Waals surface area (Å²) in [5.74, 6) is 0.537. The second kappa shape index (κ2) is 5.31. The fourth-order valence-corrected chi connectivity index (χ4v) is 2.23. The lowest BCUT2D eigenvalue weighted by Crippen LogP contribution is -2.33. The largest absolute Gasteiger partial charge is 0.352 e. The van der Waals surface area contributed by atoms with Gasteiger partial charge in [0.15, 0.2) is 0 Å². The number of rotatable bonds is 4. The van der Waals surface area contributed by atoms with E-state index in [0.717, 1.165) is 25.2 Å². The zero-order chi connectivity index (χ0) is 12.3. The molecule has 1 unspecified atom stereocenters. The van der Waals surface area contributed by atoms with Crippen molar-refractivity contribution in [2.75, 3.05) is 13.1 Å². The molecule has 0 aliphatic carbocycles. The van der Waals surface area contributed by atoms with Gasteiger partial charge in [-0.25, -0.2) is 4.98 Å². The molecule has 17 heavy (non-hydrogen) atoms. The van der Waals surface area contributed by atoms with Crippen molar-refractivity contribution in [1.82, 2.24) is 20.2 Å². The molecule has 0 aromatic carbocycles. The van der Waals surface area contributed by atoms with E-state index in [1.165, 1.54) is 0 Å². The molecular formula is C12H20N4O. The molecule has 1 aliphatic heterocycles. The van der Waals surface area contributed by atoms with Gasteiger partial charge in [-0.1, -0.05) is 0 Å². The first-order valence-corrected chi connectivity index (χ1v) is 6.17. The molecule has 94 valence electrons. The molecule has 1 amide bonds. The van der Waals surface area contributed by atoms with Gasteiger partial charge in [-0.3, -0.25) is 4.79 Å². The summed E-state index contributed by atoms with van der Waals surface area (Å²) in [7, 11) is 0. The Kier molecular flexibility index (Phi) is 3.78. The highest BCUT2D eigenvalue weighted by Gasteiger charge is 2.20. The summed E-state index contributed by atoms with van der Waals surface area (Å²) in [6.07, 6.45) is 4.74. The number of hydrogen-bond donors (Lipinski definition) is 2. The van der Waals surface area contributed by atoms with Gasteiger partial charge in [0.2, 0.25) is 5.91 Å². The molecule has 1 fully saturated rings. The number of carbonyl (C=O) groups is 1. The van der Waals surface area contributed by atoms with Crippen LogP contribution in [0.2, 0.25) is 0 Å². The molecule has 5 heteroatoms. The van der Waals surface area contributed by atoms with Crippen molar-refractivity contribution in [3.05, 3.63) is 18.2 Å². The number of aromatic nitrogens is 2. The number of amides is 1. The molecule has 2 N–H and O–H groups in total. The summed E-state index contributed by atoms with van der Waals surface area (Å²) < 4.78 is 1.95. The molecule has 1 aromatic heterocycles. The zero-order valence-electron chi connectivity index (χ0n) is 10.4. The lowest BCUT2D eigenvalue weighted by molar-refractivity contribution is -0.122. The van der Waals surface area contributed by atoms with Gasteiger partial charge in [0.05, 0.1) is 6.33 Å². The van der Waals surface area contributed by atoms with E-state index in [1.807, 2.05) is 24.6 Å². The van der Waals surface area contributed by atoms with E-state index in [1.54, 1.807) is 6.33 Å². The molecule has 1 aromatic rings. The third-order valence-corrected chi connectivity index (χ3v) is 2.99. The van der Waals surface area contributed by atoms with Crippen LogP contribution in [0.15, 0.2) is 12.5 Å². The Labute approximate surface area is 102 Å². The zero-order valence-corrected chi connectivity index (χ0v) is 10.4. The van der Waals surface area contributed by atoms with E-state index in [0.29, 0.717) is 12.5 Å². The van der Waals surface area contributed by atoms with E-state index < -0.39 is 0 Å². The van der Waals surface area contributed by atoms with Crippen LogP contribution in [0.3, 0.4) is 0 Å². The summed E-state index contributed by atoms with van der Waals surface area (Å²) >= 11 is 0. The second-order valence-electron chi connectivity index (χ2n) is 4.86. The van der Waals surface area contributed by atoms with Gasteiger partial charge in [0.1, 0.15) is 6.54 Å². The van der Waals surface area contributed by atoms with Crippen LogP contribution >= 0.6 is 0 Å². The van der Waals surface area contributed by atoms with Crippen molar-refractivity contribution < 1.29 is 4.79 Å². The van der Waals surface area contributed by atoms with Crippen LogP contribution in [0.5, 0.6) is 0 Å². The number of nitrogens with zero attached hydrogens (tertiary/aromatic N) is 2. The Hall–Kier alpha value is -1.36. The van der Waals surface area contributed by atoms with Crippen LogP contribution in [0.25, 0.3) is 0 Å². The van der Waals surface area contributed by atoms with Crippen LogP contribution in [-0.4, -0.2) is 34.6 Å². The summed E-state index contributed by atoms with van der Waals surface area (Å²) in [5, 5.41) is 6.23. The maximum Gasteiger partial charge on any atom is 0.240 e. The first-order chi connectivity index (χ1) is 8.16. The topological polar surface area (TPSA) is 59.0 Å². The molecule has 1 atom stereocenters. The molecule has 0 saturated carbocycles. The predicted molar refractivity (Wildman–Crippen MR) is 65.7 cm³/mol. The number of nitrogens with one attached hydrogen (secondary N) is 2. The van der Waals surface area contributed by atoms with Gasteiger partial charge in [0, 0.05) is 30.4 Å². The van der Waals surface area contributed by atoms with Crippen LogP contribution in [-0.2, 0) is 11.3 Å². The molecule has 1 saturated heterocycles. The Bertz CT molecular complexity index is 380. The lowest BCUT2D eigenvalue weighted by atomic mass is 10.1. The standard InChI is InChI=1S/C12H20N4O/c1-9(2)15-12(17)7-16-8-14-6-11(16)10-3-4-13-5-10/h6,8-10,13H,3-5,7H2,1-2H3,(H,15,17). The normalized spacial score (nSPS) is 19.8. The van der Waals surface area contributed by atoms with Crippen molar-refractivity contribution in [3.63, 3.8) is 0 Å². The van der Waals surface area contributed by atoms with Crippen molar-refractivity contribution in [1.29, 1.82) is 0 Å². The van der Waals surface area contributed by atoms with Gasteiger partial charge in [-0.15, -0.1) is 0 Å². The minimum absolute atomic E-state index is 0.0465. The number of hydrogen-bond acceptors (Lipinski definition) is 3. The van der Waals surface area contributed by atoms with Gasteiger partial charge in [-0.2, -0.15) is 0 Å². The quantitative estimate of drug-likeness (QED) is 0.799. The van der Waals surface area contributed by atoms with Crippen molar-refractivity contribution >= 4 is 5.91 Å². The monoisotopic (exact) mass is 236 g/mol. The average Bonchev–Trinajstić information content (AvgIpc) is 2.84. The van der Waals surface area contributed by atoms with Crippen molar-refractivity contribution in [3.8, 4) is 0 Å². The Balaban J connectivity index is 2.01. The fourth-order valence-electron chi connectivity index (χ4n) is 2.23. The maximum absolute atomic E-state index is 11.7. The van der Waals surface area contributed by atoms with Crippen LogP contribution in [0.1, 0.15) is 31.9 Å². The fraction of sp³-hybridized carbons (Fsp3) is 0.667. The van der Waals surface area contributed by atoms with E-state index in [9.17, 15) is 4.79 Å². The van der Waals surface area contributed by atoms with Crippen LogP contribution in [0.4, 0.5) is 0 Å². The summed E-state index contributed by atoms with van der Waals surface area (Å²) in [4.78, 5) is 15.9. The van der Waals surface area contributed by atoms with Crippen LogP contribution in [0, 0.1) is 0 Å². The highest BCUT2D eigenvalue weighted by atomic mass is 16.2. The molecular weight excluding hydrogens is 216 g/mol. The Morgan fingerprint density at radius 3 is 3.18 bits per heavy atom. The second-order valence-corrected chi connectivity index (χ2v) is 4.86. The SMILES string of the molecule is CC(C)NC(=O)Cn1cncc1C1CCNC1. The third kappa shape index (κ3) is 3.06. The molecule has 1 aliphatic rings. The lowest BCUT2D eigenvalue weighted by Gasteiger charge is -2.14. The number of carbonyl (C=O) groups excluding carboxylic acids is 1. The average molecular weight is 236 g/mol. The van der Waals surface area contributed by atoms with E-state index in [4.69, 9.17) is 0 Å². The third-order valence-electron chi connectivity index (χ3n) is 2.99. The molecule has 5 nitrogen and oxygen atoms in total. The van der Waals surface area contributed by atoms with Gasteiger partial charge in [-0.05, 0) is 26.8 Å². The van der Waals surface area contributed by atoms with Gasteiger partial charge >= 0.3 is 0 Å². The van der Waals surface area contributed by atoms with Gasteiger partial charge < -0.3 is 15.2 Å². The van der Waals surface area contributed by atoms with Crippen molar-refractivity contribution in [2.45, 2.75) is 38.8 Å². The first-order valence-electron chi connectivity index (χ1n) is 6.17. The first kappa shape index (κ1) is 12.1. The summed E-state index contributed by atoms with van der Waals surface area (Å²) in [6.45, 7) is 6.33. The van der Waals surface area contributed by atoms with E-state index >= 15 is 0 Å². The Morgan fingerprint density at radius 1 is 1.71 bits per heavy atom. The van der Waals surface area contributed by atoms with Crippen LogP contribution < -0.4 is 10.6 Å². The predicted octanol–water partition coefficient (Wildman–Crippen LogP) is 0.485. The summed E-state index contributed by atoms with van der Waals surface area (Å²) in [6, 6.07) is 0.183. The smallest absolute Gasteiger partial charge is 0.240 e. The highest BCUT2D eigenvalue weighted by molar-refractivity contribution is 5.76. The molecule has 2 rings (SSSR count). The highest BCUT2D eigenvalue weighted by Crippen LogP contribution is 2.21. The minimum atomic E-state index is 0.0465. The summed E-state index contributed by atoms with van der Waals surface area (Å²) in [5.41, 5.74) is 1.16. The molecule has 0 bridgehead atoms. The molecule has 0 radical (unpaired) electrons. The van der Waals surface area contributed by atoms with Crippen molar-refractivity contribution in [2.24, 2.45) is 0 Å². The minimum Gasteiger partial charge on any atom is -0.352 e. The van der Waals surface area contributed by atoms with E-state index in [-0.39, 0.29) is 11.9 Å². The Morgan fingerprint density at radius 2 is 2.53 bits per heavy atom. The van der Waals surface area contributed by atoms with Gasteiger partial charge in [0.25, 0.3) is 0 Å². The molecule has 2 heterocycles. The maximum atomic E-state index is 11.7. The molecule has 0 spiro atoms. The number of imidazole rings is 1. The van der Waals surface area contributed by atoms with E-state index in [2.05, 4.69) is 15.6 Å².